The van der Waals surface area contributed by atoms with Crippen LogP contribution >= 0.6 is 0 Å². The Bertz CT molecular complexity index is 1150. The van der Waals surface area contributed by atoms with Gasteiger partial charge in [-0.15, -0.1) is 0 Å². The molecule has 1 heterocycles. The number of rotatable bonds is 3. The normalized spacial score (nSPS) is 14.5. The molecule has 0 atom stereocenters. The van der Waals surface area contributed by atoms with Crippen molar-refractivity contribution in [2.24, 2.45) is 5.73 Å². The van der Waals surface area contributed by atoms with Gasteiger partial charge >= 0.3 is 0 Å². The number of nitrogens with zero attached hydrogens (tertiary/aromatic N) is 2. The average Bonchev–Trinajstić information content (AvgIpc) is 2.79. The van der Waals surface area contributed by atoms with Crippen LogP contribution in [0.1, 0.15) is 38.7 Å². The number of aromatic hydroxyl groups is 1. The van der Waals surface area contributed by atoms with E-state index in [2.05, 4.69) is 24.3 Å². The first-order valence-electron chi connectivity index (χ1n) is 10.6. The first-order chi connectivity index (χ1) is 14.6. The summed E-state index contributed by atoms with van der Waals surface area (Å²) in [6.07, 6.45) is 3.27. The van der Waals surface area contributed by atoms with Gasteiger partial charge in [0.2, 0.25) is 0 Å². The quantitative estimate of drug-likeness (QED) is 0.442. The van der Waals surface area contributed by atoms with Gasteiger partial charge in [-0.3, -0.25) is 0 Å². The van der Waals surface area contributed by atoms with Crippen LogP contribution in [0, 0.1) is 0 Å². The van der Waals surface area contributed by atoms with Crippen LogP contribution in [0.2, 0.25) is 0 Å². The fraction of sp³-hybridized carbons (Fsp3) is 0.231. The molecule has 0 radical (unpaired) electrons. The topological polar surface area (TPSA) is 72.0 Å². The zero-order valence-corrected chi connectivity index (χ0v) is 17.5. The van der Waals surface area contributed by atoms with Gasteiger partial charge in [0.1, 0.15) is 11.3 Å². The Morgan fingerprint density at radius 1 is 0.767 bits per heavy atom. The molecule has 1 aromatic heterocycles. The molecule has 30 heavy (non-hydrogen) atoms. The molecule has 5 rings (SSSR count). The largest absolute Gasteiger partial charge is 0.506 e. The second-order valence-electron chi connectivity index (χ2n) is 7.52. The lowest BCUT2D eigenvalue weighted by molar-refractivity contribution is 0.253. The monoisotopic (exact) mass is 397 g/mol. The van der Waals surface area contributed by atoms with E-state index < -0.39 is 0 Å². The van der Waals surface area contributed by atoms with E-state index in [0.29, 0.717) is 11.0 Å². The van der Waals surface area contributed by atoms with Crippen molar-refractivity contribution in [1.29, 1.82) is 0 Å². The van der Waals surface area contributed by atoms with Gasteiger partial charge < -0.3 is 10.8 Å². The summed E-state index contributed by atoms with van der Waals surface area (Å²) in [5, 5.41) is 10.2. The highest BCUT2D eigenvalue weighted by Gasteiger charge is 2.34. The highest BCUT2D eigenvalue weighted by atomic mass is 16.3. The molecule has 0 unspecified atom stereocenters. The number of fused-ring (bicyclic) bond motifs is 1. The first kappa shape index (κ1) is 20.0. The summed E-state index contributed by atoms with van der Waals surface area (Å²) in [5.41, 5.74) is 12.2. The molecule has 1 saturated carbocycles. The number of benzene rings is 3. The molecule has 0 amide bonds. The van der Waals surface area contributed by atoms with Crippen molar-refractivity contribution in [3.05, 3.63) is 78.4 Å². The summed E-state index contributed by atoms with van der Waals surface area (Å²) in [4.78, 5) is 9.64. The van der Waals surface area contributed by atoms with E-state index in [-0.39, 0.29) is 11.3 Å². The van der Waals surface area contributed by atoms with Crippen molar-refractivity contribution in [2.75, 3.05) is 0 Å². The molecule has 0 spiro atoms. The molecule has 1 fully saturated rings. The molecular weight excluding hydrogens is 370 g/mol. The van der Waals surface area contributed by atoms with Crippen LogP contribution in [0.5, 0.6) is 5.75 Å². The molecule has 3 aromatic carbocycles. The zero-order chi connectivity index (χ0) is 21.1. The van der Waals surface area contributed by atoms with Crippen molar-refractivity contribution in [1.82, 2.24) is 9.97 Å². The Balaban J connectivity index is 0.00000106. The third kappa shape index (κ3) is 3.55. The van der Waals surface area contributed by atoms with E-state index in [1.54, 1.807) is 12.1 Å². The summed E-state index contributed by atoms with van der Waals surface area (Å²) in [7, 11) is 0. The lowest BCUT2D eigenvalue weighted by atomic mass is 9.72. The summed E-state index contributed by atoms with van der Waals surface area (Å²) in [6, 6.07) is 23.6. The molecule has 4 nitrogen and oxygen atoms in total. The fourth-order valence-electron chi connectivity index (χ4n) is 3.87. The Hall–Kier alpha value is -3.24. The van der Waals surface area contributed by atoms with E-state index >= 15 is 0 Å². The minimum atomic E-state index is -0.179. The third-order valence-electron chi connectivity index (χ3n) is 5.70. The smallest absolute Gasteiger partial charge is 0.143 e. The van der Waals surface area contributed by atoms with Gasteiger partial charge in [0, 0.05) is 16.7 Å². The van der Waals surface area contributed by atoms with Crippen LogP contribution in [0.15, 0.2) is 72.8 Å². The minimum Gasteiger partial charge on any atom is -0.506 e. The van der Waals surface area contributed by atoms with Crippen molar-refractivity contribution in [3.63, 3.8) is 0 Å². The van der Waals surface area contributed by atoms with Crippen LogP contribution < -0.4 is 5.73 Å². The van der Waals surface area contributed by atoms with Crippen molar-refractivity contribution < 1.29 is 5.11 Å². The number of phenolic OH excluding ortho intramolecular Hbond substituents is 1. The summed E-state index contributed by atoms with van der Waals surface area (Å²) in [5.74, 6) is 0.138. The van der Waals surface area contributed by atoms with E-state index in [1.807, 2.05) is 50.2 Å². The fourth-order valence-corrected chi connectivity index (χ4v) is 3.87. The maximum absolute atomic E-state index is 10.2. The van der Waals surface area contributed by atoms with Gasteiger partial charge in [-0.2, -0.15) is 0 Å². The summed E-state index contributed by atoms with van der Waals surface area (Å²) < 4.78 is 0. The number of hydrogen-bond donors (Lipinski definition) is 2. The number of para-hydroxylation sites is 1. The number of hydrogen-bond acceptors (Lipinski definition) is 4. The van der Waals surface area contributed by atoms with Gasteiger partial charge in [0.25, 0.3) is 0 Å². The molecule has 152 valence electrons. The Morgan fingerprint density at radius 2 is 1.40 bits per heavy atom. The second kappa shape index (κ2) is 8.25. The minimum absolute atomic E-state index is 0.138. The predicted molar refractivity (Wildman–Crippen MR) is 123 cm³/mol. The van der Waals surface area contributed by atoms with Crippen LogP contribution in [-0.2, 0) is 5.54 Å². The third-order valence-corrected chi connectivity index (χ3v) is 5.70. The summed E-state index contributed by atoms with van der Waals surface area (Å²) >= 11 is 0. The second-order valence-corrected chi connectivity index (χ2v) is 7.52. The van der Waals surface area contributed by atoms with Crippen LogP contribution in [-0.4, -0.2) is 15.1 Å². The van der Waals surface area contributed by atoms with Crippen LogP contribution in [0.4, 0.5) is 0 Å². The van der Waals surface area contributed by atoms with Gasteiger partial charge in [0.15, 0.2) is 0 Å². The average molecular weight is 398 g/mol. The number of aromatic nitrogens is 2. The number of nitrogens with two attached hydrogens (primary N) is 1. The van der Waals surface area contributed by atoms with Gasteiger partial charge in [0.05, 0.1) is 16.9 Å². The van der Waals surface area contributed by atoms with Crippen molar-refractivity contribution in [2.45, 2.75) is 38.6 Å². The van der Waals surface area contributed by atoms with Crippen LogP contribution in [0.25, 0.3) is 33.5 Å². The highest BCUT2D eigenvalue weighted by molar-refractivity contribution is 5.89. The Morgan fingerprint density at radius 3 is 2.03 bits per heavy atom. The van der Waals surface area contributed by atoms with Crippen molar-refractivity contribution >= 4 is 11.0 Å². The van der Waals surface area contributed by atoms with E-state index in [1.165, 1.54) is 12.0 Å². The Kier molecular flexibility index (Phi) is 5.51. The molecule has 1 aliphatic carbocycles. The number of phenols is 1. The maximum atomic E-state index is 10.2. The highest BCUT2D eigenvalue weighted by Crippen LogP contribution is 2.40. The summed E-state index contributed by atoms with van der Waals surface area (Å²) in [6.45, 7) is 4.00. The van der Waals surface area contributed by atoms with Gasteiger partial charge in [-0.1, -0.05) is 74.5 Å². The predicted octanol–water partition coefficient (Wildman–Crippen LogP) is 6.03. The molecule has 0 saturated heterocycles. The van der Waals surface area contributed by atoms with Crippen LogP contribution in [0.3, 0.4) is 0 Å². The molecule has 0 aliphatic heterocycles. The molecule has 0 bridgehead atoms. The van der Waals surface area contributed by atoms with E-state index in [9.17, 15) is 5.11 Å². The Labute approximate surface area is 177 Å². The molecule has 1 aliphatic rings. The first-order valence-corrected chi connectivity index (χ1v) is 10.6. The lowest BCUT2D eigenvalue weighted by Crippen LogP contribution is -2.43. The maximum Gasteiger partial charge on any atom is 0.143 e. The van der Waals surface area contributed by atoms with E-state index in [4.69, 9.17) is 15.7 Å². The lowest BCUT2D eigenvalue weighted by Gasteiger charge is -2.38. The molecular formula is C26H27N3O. The molecule has 3 N–H and O–H groups in total. The van der Waals surface area contributed by atoms with E-state index in [0.717, 1.165) is 35.4 Å². The van der Waals surface area contributed by atoms with Gasteiger partial charge in [-0.25, -0.2) is 9.97 Å². The zero-order valence-electron chi connectivity index (χ0n) is 17.5. The van der Waals surface area contributed by atoms with Crippen molar-refractivity contribution in [3.8, 4) is 28.3 Å². The standard InChI is InChI=1S/C24H21N3O.C2H6/c25-24(14-5-15-24)18-12-10-17(11-13-18)21-22(16-6-2-1-3-7-16)27-23-19(26-21)8-4-9-20(23)28;1-2/h1-4,6-13,28H,5,14-15,25H2;1-2H3. The SMILES string of the molecule is CC.NC1(c2ccc(-c3nc4cccc(O)c4nc3-c3ccccc3)cc2)CCC1. The van der Waals surface area contributed by atoms with Gasteiger partial charge in [-0.05, 0) is 37.0 Å². The molecule has 4 heteroatoms. The molecule has 4 aromatic rings.